The molecule has 4 nitrogen and oxygen atoms in total. The summed E-state index contributed by atoms with van der Waals surface area (Å²) < 4.78 is 11.7. The zero-order valence-electron chi connectivity index (χ0n) is 13.6. The van der Waals surface area contributed by atoms with Crippen molar-refractivity contribution < 1.29 is 19.4 Å². The summed E-state index contributed by atoms with van der Waals surface area (Å²) in [5.41, 5.74) is 2.09. The summed E-state index contributed by atoms with van der Waals surface area (Å²) in [5, 5.41) is 9.84. The molecule has 1 aliphatic heterocycles. The molecule has 1 heterocycles. The van der Waals surface area contributed by atoms with Crippen LogP contribution in [0.4, 0.5) is 0 Å². The molecule has 1 unspecified atom stereocenters. The van der Waals surface area contributed by atoms with Crippen molar-refractivity contribution in [2.75, 3.05) is 13.2 Å². The van der Waals surface area contributed by atoms with Crippen LogP contribution < -0.4 is 9.47 Å². The lowest BCUT2D eigenvalue weighted by molar-refractivity contribution is -0.137. The molecule has 126 valence electrons. The van der Waals surface area contributed by atoms with Gasteiger partial charge in [-0.2, -0.15) is 0 Å². The number of fused-ring (bicyclic) bond motifs is 1. The van der Waals surface area contributed by atoms with Gasteiger partial charge in [0.15, 0.2) is 11.5 Å². The molecule has 5 heteroatoms. The Labute approximate surface area is 141 Å². The Morgan fingerprint density at radius 2 is 1.96 bits per heavy atom. The van der Waals surface area contributed by atoms with E-state index in [4.69, 9.17) is 21.1 Å². The van der Waals surface area contributed by atoms with Gasteiger partial charge in [0.1, 0.15) is 0 Å². The minimum atomic E-state index is -0.764. The molecule has 0 spiro atoms. The SMILES string of the molecule is CC(C)c1c(C(CC(=O)O)C2CC2)cc(Cl)c2c1OCCCO2. The average molecular weight is 339 g/mol. The number of ether oxygens (including phenoxy) is 2. The fourth-order valence-corrected chi connectivity index (χ4v) is 3.70. The summed E-state index contributed by atoms with van der Waals surface area (Å²) in [5.74, 6) is 1.22. The van der Waals surface area contributed by atoms with E-state index < -0.39 is 5.97 Å². The van der Waals surface area contributed by atoms with Crippen LogP contribution in [0.25, 0.3) is 0 Å². The van der Waals surface area contributed by atoms with Crippen molar-refractivity contribution >= 4 is 17.6 Å². The van der Waals surface area contributed by atoms with E-state index in [1.54, 1.807) is 0 Å². The van der Waals surface area contributed by atoms with E-state index in [9.17, 15) is 9.90 Å². The molecule has 0 radical (unpaired) electrons. The molecular formula is C18H23ClO4. The van der Waals surface area contributed by atoms with Crippen LogP contribution in [0, 0.1) is 5.92 Å². The van der Waals surface area contributed by atoms with Gasteiger partial charge in [-0.25, -0.2) is 0 Å². The lowest BCUT2D eigenvalue weighted by atomic mass is 9.83. The maximum Gasteiger partial charge on any atom is 0.303 e. The molecule has 1 aromatic rings. The van der Waals surface area contributed by atoms with Crippen LogP contribution in [0.15, 0.2) is 6.07 Å². The van der Waals surface area contributed by atoms with E-state index in [2.05, 4.69) is 13.8 Å². The summed E-state index contributed by atoms with van der Waals surface area (Å²) >= 11 is 6.45. The molecular weight excluding hydrogens is 316 g/mol. The standard InChI is InChI=1S/C18H23ClO4/c1-10(2)16-13(12(9-15(20)21)11-4-5-11)8-14(19)17-18(16)23-7-3-6-22-17/h8,10-12H,3-7,9H2,1-2H3,(H,20,21). The molecule has 1 fully saturated rings. The third-order valence-electron chi connectivity index (χ3n) is 4.60. The van der Waals surface area contributed by atoms with Gasteiger partial charge in [-0.3, -0.25) is 4.79 Å². The Morgan fingerprint density at radius 3 is 2.52 bits per heavy atom. The van der Waals surface area contributed by atoms with Gasteiger partial charge >= 0.3 is 5.97 Å². The zero-order chi connectivity index (χ0) is 16.6. The first kappa shape index (κ1) is 16.4. The van der Waals surface area contributed by atoms with Gasteiger partial charge in [-0.05, 0) is 42.2 Å². The molecule has 2 aliphatic rings. The van der Waals surface area contributed by atoms with E-state index in [0.29, 0.717) is 29.9 Å². The second-order valence-electron chi connectivity index (χ2n) is 6.77. The third-order valence-corrected chi connectivity index (χ3v) is 4.89. The topological polar surface area (TPSA) is 55.8 Å². The minimum absolute atomic E-state index is 0.000414. The maximum atomic E-state index is 11.3. The average Bonchev–Trinajstić information content (AvgIpc) is 3.30. The quantitative estimate of drug-likeness (QED) is 0.852. The number of hydrogen-bond donors (Lipinski definition) is 1. The number of aliphatic carboxylic acids is 1. The lowest BCUT2D eigenvalue weighted by Crippen LogP contribution is -2.13. The van der Waals surface area contributed by atoms with Gasteiger partial charge in [0.2, 0.25) is 0 Å². The first-order valence-electron chi connectivity index (χ1n) is 8.32. The molecule has 0 aromatic heterocycles. The van der Waals surface area contributed by atoms with Gasteiger partial charge in [-0.1, -0.05) is 25.4 Å². The van der Waals surface area contributed by atoms with Crippen molar-refractivity contribution in [2.45, 2.75) is 51.4 Å². The minimum Gasteiger partial charge on any atom is -0.489 e. The normalized spacial score (nSPS) is 18.6. The summed E-state index contributed by atoms with van der Waals surface area (Å²) in [6, 6.07) is 1.91. The smallest absolute Gasteiger partial charge is 0.303 e. The highest BCUT2D eigenvalue weighted by Gasteiger charge is 2.37. The van der Waals surface area contributed by atoms with Crippen LogP contribution in [0.2, 0.25) is 5.02 Å². The highest BCUT2D eigenvalue weighted by Crippen LogP contribution is 2.52. The van der Waals surface area contributed by atoms with Crippen LogP contribution in [0.5, 0.6) is 11.5 Å². The summed E-state index contributed by atoms with van der Waals surface area (Å²) in [6.07, 6.45) is 3.13. The molecule has 0 bridgehead atoms. The van der Waals surface area contributed by atoms with E-state index in [1.165, 1.54) is 0 Å². The van der Waals surface area contributed by atoms with Crippen LogP contribution in [-0.4, -0.2) is 24.3 Å². The molecule has 1 saturated carbocycles. The number of carboxylic acids is 1. The van der Waals surface area contributed by atoms with E-state index in [-0.39, 0.29) is 18.3 Å². The third kappa shape index (κ3) is 3.42. The van der Waals surface area contributed by atoms with E-state index >= 15 is 0 Å². The fourth-order valence-electron chi connectivity index (χ4n) is 3.45. The molecule has 1 N–H and O–H groups in total. The predicted molar refractivity (Wildman–Crippen MR) is 88.9 cm³/mol. The van der Waals surface area contributed by atoms with Crippen LogP contribution in [-0.2, 0) is 4.79 Å². The predicted octanol–water partition coefficient (Wildman–Crippen LogP) is 4.59. The van der Waals surface area contributed by atoms with Crippen molar-refractivity contribution in [3.05, 3.63) is 22.2 Å². The number of hydrogen-bond acceptors (Lipinski definition) is 3. The number of carbonyl (C=O) groups is 1. The summed E-state index contributed by atoms with van der Waals surface area (Å²) in [7, 11) is 0. The summed E-state index contributed by atoms with van der Waals surface area (Å²) in [6.45, 7) is 5.39. The molecule has 0 saturated heterocycles. The maximum absolute atomic E-state index is 11.3. The molecule has 1 aromatic carbocycles. The van der Waals surface area contributed by atoms with Crippen LogP contribution in [0.3, 0.4) is 0 Å². The summed E-state index contributed by atoms with van der Waals surface area (Å²) in [4.78, 5) is 11.3. The van der Waals surface area contributed by atoms with Gasteiger partial charge in [0.05, 0.1) is 24.7 Å². The molecule has 1 aliphatic carbocycles. The molecule has 1 atom stereocenters. The van der Waals surface area contributed by atoms with Gasteiger partial charge in [0, 0.05) is 12.0 Å². The van der Waals surface area contributed by atoms with Gasteiger partial charge in [-0.15, -0.1) is 0 Å². The number of halogens is 1. The number of rotatable bonds is 5. The van der Waals surface area contributed by atoms with Gasteiger partial charge in [0.25, 0.3) is 0 Å². The largest absolute Gasteiger partial charge is 0.489 e. The highest BCUT2D eigenvalue weighted by molar-refractivity contribution is 6.32. The molecule has 3 rings (SSSR count). The Morgan fingerprint density at radius 1 is 1.30 bits per heavy atom. The second kappa shape index (κ2) is 6.60. The molecule has 23 heavy (non-hydrogen) atoms. The van der Waals surface area contributed by atoms with Crippen molar-refractivity contribution in [3.8, 4) is 11.5 Å². The zero-order valence-corrected chi connectivity index (χ0v) is 14.4. The molecule has 0 amide bonds. The van der Waals surface area contributed by atoms with Crippen LogP contribution in [0.1, 0.15) is 62.5 Å². The Balaban J connectivity index is 2.13. The first-order valence-corrected chi connectivity index (χ1v) is 8.70. The van der Waals surface area contributed by atoms with Crippen LogP contribution >= 0.6 is 11.6 Å². The van der Waals surface area contributed by atoms with Crippen molar-refractivity contribution in [2.24, 2.45) is 5.92 Å². The van der Waals surface area contributed by atoms with Crippen molar-refractivity contribution in [3.63, 3.8) is 0 Å². The number of carboxylic acid groups (broad SMARTS) is 1. The van der Waals surface area contributed by atoms with Crippen molar-refractivity contribution in [1.82, 2.24) is 0 Å². The second-order valence-corrected chi connectivity index (χ2v) is 7.17. The first-order chi connectivity index (χ1) is 11.0. The fraction of sp³-hybridized carbons (Fsp3) is 0.611. The highest BCUT2D eigenvalue weighted by atomic mass is 35.5. The van der Waals surface area contributed by atoms with Crippen molar-refractivity contribution in [1.29, 1.82) is 0 Å². The van der Waals surface area contributed by atoms with E-state index in [1.807, 2.05) is 6.07 Å². The van der Waals surface area contributed by atoms with E-state index in [0.717, 1.165) is 36.1 Å². The Hall–Kier alpha value is -1.42. The number of benzene rings is 1. The Kier molecular flexibility index (Phi) is 4.72. The lowest BCUT2D eigenvalue weighted by Gasteiger charge is -2.25. The monoisotopic (exact) mass is 338 g/mol. The Bertz CT molecular complexity index is 608. The van der Waals surface area contributed by atoms with Gasteiger partial charge < -0.3 is 14.6 Å².